The SMILES string of the molecule is Fc1ccc(-c2noc(C3CCCN(c4ncnc5[nH]ncc45)C3)n2)cc1. The van der Waals surface area contributed by atoms with Crippen molar-refractivity contribution in [2.45, 2.75) is 18.8 Å². The lowest BCUT2D eigenvalue weighted by Crippen LogP contribution is -2.35. The van der Waals surface area contributed by atoms with E-state index in [0.717, 1.165) is 48.3 Å². The van der Waals surface area contributed by atoms with Gasteiger partial charge in [-0.05, 0) is 37.1 Å². The molecule has 1 unspecified atom stereocenters. The average Bonchev–Trinajstić information content (AvgIpc) is 3.38. The van der Waals surface area contributed by atoms with Gasteiger partial charge in [0.15, 0.2) is 5.65 Å². The van der Waals surface area contributed by atoms with Gasteiger partial charge in [0.1, 0.15) is 18.0 Å². The molecule has 1 fully saturated rings. The Labute approximate surface area is 153 Å². The van der Waals surface area contributed by atoms with E-state index >= 15 is 0 Å². The molecule has 0 bridgehead atoms. The molecule has 1 aliphatic rings. The van der Waals surface area contributed by atoms with E-state index in [9.17, 15) is 4.39 Å². The second kappa shape index (κ2) is 6.42. The van der Waals surface area contributed by atoms with Gasteiger partial charge in [0.2, 0.25) is 11.7 Å². The van der Waals surface area contributed by atoms with E-state index < -0.39 is 0 Å². The van der Waals surface area contributed by atoms with Crippen molar-refractivity contribution in [2.24, 2.45) is 0 Å². The minimum absolute atomic E-state index is 0.109. The molecular weight excluding hydrogens is 349 g/mol. The van der Waals surface area contributed by atoms with Crippen LogP contribution >= 0.6 is 0 Å². The standard InChI is InChI=1S/C18H16FN7O/c19-13-5-3-11(4-6-13)15-23-18(27-25-15)12-2-1-7-26(9-12)17-14-8-22-24-16(14)20-10-21-17/h3-6,8,10,12H,1-2,7,9H2,(H,20,21,22,24). The number of H-pyrrole nitrogens is 1. The average molecular weight is 365 g/mol. The number of halogens is 1. The molecule has 1 atom stereocenters. The molecule has 0 spiro atoms. The zero-order chi connectivity index (χ0) is 18.2. The van der Waals surface area contributed by atoms with Crippen molar-refractivity contribution in [2.75, 3.05) is 18.0 Å². The maximum absolute atomic E-state index is 13.1. The summed E-state index contributed by atoms with van der Waals surface area (Å²) >= 11 is 0. The molecular formula is C18H16FN7O. The van der Waals surface area contributed by atoms with Crippen LogP contribution in [0.5, 0.6) is 0 Å². The molecule has 9 heteroatoms. The minimum atomic E-state index is -0.291. The van der Waals surface area contributed by atoms with Gasteiger partial charge in [-0.3, -0.25) is 5.10 Å². The smallest absolute Gasteiger partial charge is 0.231 e. The summed E-state index contributed by atoms with van der Waals surface area (Å²) < 4.78 is 18.6. The molecule has 4 aromatic rings. The van der Waals surface area contributed by atoms with E-state index in [1.807, 2.05) is 0 Å². The molecule has 0 aliphatic carbocycles. The fourth-order valence-electron chi connectivity index (χ4n) is 3.49. The Morgan fingerprint density at radius 2 is 2.07 bits per heavy atom. The number of nitrogens with one attached hydrogen (secondary N) is 1. The van der Waals surface area contributed by atoms with E-state index in [1.54, 1.807) is 24.7 Å². The molecule has 0 radical (unpaired) electrons. The van der Waals surface area contributed by atoms with Gasteiger partial charge in [0.25, 0.3) is 0 Å². The lowest BCUT2D eigenvalue weighted by atomic mass is 9.98. The fourth-order valence-corrected chi connectivity index (χ4v) is 3.49. The number of nitrogens with zero attached hydrogens (tertiary/aromatic N) is 6. The van der Waals surface area contributed by atoms with E-state index in [-0.39, 0.29) is 11.7 Å². The number of anilines is 1. The Hall–Kier alpha value is -3.36. The molecule has 4 heterocycles. The zero-order valence-electron chi connectivity index (χ0n) is 14.3. The van der Waals surface area contributed by atoms with Crippen molar-refractivity contribution in [3.05, 3.63) is 48.5 Å². The number of piperidine rings is 1. The third kappa shape index (κ3) is 2.90. The molecule has 1 N–H and O–H groups in total. The highest BCUT2D eigenvalue weighted by atomic mass is 19.1. The number of rotatable bonds is 3. The van der Waals surface area contributed by atoms with Crippen molar-refractivity contribution in [3.8, 4) is 11.4 Å². The van der Waals surface area contributed by atoms with E-state index in [4.69, 9.17) is 4.52 Å². The van der Waals surface area contributed by atoms with Crippen LogP contribution in [0.2, 0.25) is 0 Å². The van der Waals surface area contributed by atoms with Crippen LogP contribution in [0.25, 0.3) is 22.4 Å². The quantitative estimate of drug-likeness (QED) is 0.596. The third-order valence-corrected chi connectivity index (χ3v) is 4.84. The summed E-state index contributed by atoms with van der Waals surface area (Å²) in [6.07, 6.45) is 5.23. The topological polar surface area (TPSA) is 96.6 Å². The van der Waals surface area contributed by atoms with E-state index in [0.29, 0.717) is 11.7 Å². The maximum Gasteiger partial charge on any atom is 0.231 e. The number of aromatic nitrogens is 6. The predicted molar refractivity (Wildman–Crippen MR) is 95.6 cm³/mol. The number of aromatic amines is 1. The van der Waals surface area contributed by atoms with Crippen LogP contribution in [-0.4, -0.2) is 43.4 Å². The van der Waals surface area contributed by atoms with Gasteiger partial charge in [0.05, 0.1) is 17.5 Å². The first-order chi connectivity index (χ1) is 13.3. The largest absolute Gasteiger partial charge is 0.355 e. The van der Waals surface area contributed by atoms with Crippen molar-refractivity contribution in [3.63, 3.8) is 0 Å². The van der Waals surface area contributed by atoms with E-state index in [1.165, 1.54) is 12.1 Å². The summed E-state index contributed by atoms with van der Waals surface area (Å²) in [7, 11) is 0. The second-order valence-corrected chi connectivity index (χ2v) is 6.58. The lowest BCUT2D eigenvalue weighted by molar-refractivity contribution is 0.333. The summed E-state index contributed by atoms with van der Waals surface area (Å²) in [6.45, 7) is 1.62. The highest BCUT2D eigenvalue weighted by molar-refractivity contribution is 5.86. The van der Waals surface area contributed by atoms with Crippen LogP contribution in [0, 0.1) is 5.82 Å². The van der Waals surface area contributed by atoms with Crippen LogP contribution in [0.1, 0.15) is 24.7 Å². The van der Waals surface area contributed by atoms with Crippen molar-refractivity contribution in [1.82, 2.24) is 30.3 Å². The normalized spacial score (nSPS) is 17.5. The van der Waals surface area contributed by atoms with Crippen LogP contribution in [0.3, 0.4) is 0 Å². The summed E-state index contributed by atoms with van der Waals surface area (Å²) in [5, 5.41) is 11.9. The van der Waals surface area contributed by atoms with Crippen LogP contribution in [0.15, 0.2) is 41.3 Å². The van der Waals surface area contributed by atoms with Gasteiger partial charge in [-0.2, -0.15) is 10.1 Å². The third-order valence-electron chi connectivity index (χ3n) is 4.84. The van der Waals surface area contributed by atoms with Gasteiger partial charge >= 0.3 is 0 Å². The lowest BCUT2D eigenvalue weighted by Gasteiger charge is -2.32. The first-order valence-electron chi connectivity index (χ1n) is 8.76. The molecule has 0 amide bonds. The Bertz CT molecular complexity index is 1070. The van der Waals surface area contributed by atoms with Crippen molar-refractivity contribution < 1.29 is 8.91 Å². The van der Waals surface area contributed by atoms with Gasteiger partial charge in [-0.1, -0.05) is 5.16 Å². The first kappa shape index (κ1) is 15.9. The predicted octanol–water partition coefficient (Wildman–Crippen LogP) is 2.93. The number of hydrogen-bond donors (Lipinski definition) is 1. The molecule has 136 valence electrons. The minimum Gasteiger partial charge on any atom is -0.355 e. The molecule has 0 saturated carbocycles. The second-order valence-electron chi connectivity index (χ2n) is 6.58. The molecule has 8 nitrogen and oxygen atoms in total. The van der Waals surface area contributed by atoms with E-state index in [2.05, 4.69) is 35.2 Å². The highest BCUT2D eigenvalue weighted by Gasteiger charge is 2.28. The Kier molecular flexibility index (Phi) is 3.77. The van der Waals surface area contributed by atoms with Crippen LogP contribution in [-0.2, 0) is 0 Å². The molecule has 1 aromatic carbocycles. The molecule has 27 heavy (non-hydrogen) atoms. The van der Waals surface area contributed by atoms with Gasteiger partial charge < -0.3 is 9.42 Å². The maximum atomic E-state index is 13.1. The highest BCUT2D eigenvalue weighted by Crippen LogP contribution is 2.31. The number of benzene rings is 1. The first-order valence-corrected chi connectivity index (χ1v) is 8.76. The summed E-state index contributed by atoms with van der Waals surface area (Å²) in [6, 6.07) is 6.07. The van der Waals surface area contributed by atoms with Crippen molar-refractivity contribution >= 4 is 16.9 Å². The van der Waals surface area contributed by atoms with Gasteiger partial charge in [-0.25, -0.2) is 14.4 Å². The molecule has 1 aliphatic heterocycles. The molecule has 5 rings (SSSR count). The van der Waals surface area contributed by atoms with Gasteiger partial charge in [-0.15, -0.1) is 0 Å². The monoisotopic (exact) mass is 365 g/mol. The Morgan fingerprint density at radius 1 is 1.19 bits per heavy atom. The number of fused-ring (bicyclic) bond motifs is 1. The Morgan fingerprint density at radius 3 is 2.96 bits per heavy atom. The van der Waals surface area contributed by atoms with Crippen LogP contribution < -0.4 is 4.90 Å². The zero-order valence-corrected chi connectivity index (χ0v) is 14.3. The Balaban J connectivity index is 1.40. The van der Waals surface area contributed by atoms with Gasteiger partial charge in [0, 0.05) is 18.7 Å². The molecule has 1 saturated heterocycles. The molecule has 3 aromatic heterocycles. The summed E-state index contributed by atoms with van der Waals surface area (Å²) in [4.78, 5) is 15.4. The fraction of sp³-hybridized carbons (Fsp3) is 0.278. The van der Waals surface area contributed by atoms with Crippen LogP contribution in [0.4, 0.5) is 10.2 Å². The van der Waals surface area contributed by atoms with Crippen molar-refractivity contribution in [1.29, 1.82) is 0 Å². The summed E-state index contributed by atoms with van der Waals surface area (Å²) in [5.74, 6) is 1.74. The summed E-state index contributed by atoms with van der Waals surface area (Å²) in [5.41, 5.74) is 1.45. The number of hydrogen-bond acceptors (Lipinski definition) is 7.